The number of benzene rings is 1. The molecule has 0 aliphatic carbocycles. The van der Waals surface area contributed by atoms with Crippen LogP contribution in [0.4, 0.5) is 0 Å². The molecule has 122 valence electrons. The number of aromatic amines is 1. The number of nitrogens with zero attached hydrogens (tertiary/aromatic N) is 2. The van der Waals surface area contributed by atoms with Gasteiger partial charge in [-0.3, -0.25) is 9.78 Å². The Morgan fingerprint density at radius 2 is 2.21 bits per heavy atom. The van der Waals surface area contributed by atoms with E-state index < -0.39 is 0 Å². The number of rotatable bonds is 5. The molecule has 6 heteroatoms. The highest BCUT2D eigenvalue weighted by atomic mass is 16.5. The van der Waals surface area contributed by atoms with Crippen LogP contribution in [0.5, 0.6) is 5.75 Å². The molecule has 0 saturated carbocycles. The van der Waals surface area contributed by atoms with Gasteiger partial charge in [-0.05, 0) is 48.6 Å². The van der Waals surface area contributed by atoms with Gasteiger partial charge in [-0.2, -0.15) is 5.10 Å². The van der Waals surface area contributed by atoms with Crippen molar-refractivity contribution in [2.75, 3.05) is 6.61 Å². The van der Waals surface area contributed by atoms with Gasteiger partial charge < -0.3 is 9.72 Å². The number of aromatic nitrogens is 2. The number of ether oxygens (including phenoxy) is 1. The Hall–Kier alpha value is -3.15. The number of hydrogen-bond acceptors (Lipinski definition) is 4. The summed E-state index contributed by atoms with van der Waals surface area (Å²) in [6.07, 6.45) is 5.19. The average molecular weight is 322 g/mol. The maximum atomic E-state index is 11.8. The molecule has 3 rings (SSSR count). The van der Waals surface area contributed by atoms with Crippen LogP contribution in [-0.2, 0) is 4.79 Å². The second kappa shape index (κ2) is 6.95. The van der Waals surface area contributed by atoms with Crippen LogP contribution in [0.3, 0.4) is 0 Å². The van der Waals surface area contributed by atoms with E-state index in [4.69, 9.17) is 4.74 Å². The van der Waals surface area contributed by atoms with Crippen LogP contribution in [0.15, 0.2) is 47.8 Å². The molecule has 3 aromatic rings. The second-order valence-corrected chi connectivity index (χ2v) is 5.45. The quantitative estimate of drug-likeness (QED) is 0.560. The topological polar surface area (TPSA) is 79.4 Å². The third kappa shape index (κ3) is 3.60. The first-order chi connectivity index (χ1) is 11.6. The monoisotopic (exact) mass is 322 g/mol. The first kappa shape index (κ1) is 15.7. The Morgan fingerprint density at radius 3 is 3.04 bits per heavy atom. The molecule has 0 aliphatic rings. The second-order valence-electron chi connectivity index (χ2n) is 5.45. The van der Waals surface area contributed by atoms with Crippen molar-refractivity contribution in [1.29, 1.82) is 0 Å². The number of carbonyl (C=O) groups excluding carboxylic acids is 1. The summed E-state index contributed by atoms with van der Waals surface area (Å²) < 4.78 is 5.53. The molecule has 2 N–H and O–H groups in total. The predicted octanol–water partition coefficient (Wildman–Crippen LogP) is 2.71. The zero-order chi connectivity index (χ0) is 16.9. The van der Waals surface area contributed by atoms with Crippen molar-refractivity contribution in [2.24, 2.45) is 5.10 Å². The van der Waals surface area contributed by atoms with Gasteiger partial charge in [-0.25, -0.2) is 5.43 Å². The molecule has 0 fully saturated rings. The normalized spacial score (nSPS) is 11.1. The molecule has 0 bridgehead atoms. The van der Waals surface area contributed by atoms with Gasteiger partial charge in [0.25, 0.3) is 5.91 Å². The van der Waals surface area contributed by atoms with Gasteiger partial charge in [0, 0.05) is 17.9 Å². The number of hydrazone groups is 1. The van der Waals surface area contributed by atoms with Gasteiger partial charge in [0.05, 0.1) is 11.9 Å². The third-order valence-electron chi connectivity index (χ3n) is 3.61. The Morgan fingerprint density at radius 1 is 1.33 bits per heavy atom. The first-order valence-electron chi connectivity index (χ1n) is 7.57. The SMILES string of the molecule is Cc1ccnc(C)c1OCC(=O)N/N=C/c1ccc2cc[nH]c2c1. The van der Waals surface area contributed by atoms with Crippen LogP contribution in [0.2, 0.25) is 0 Å². The van der Waals surface area contributed by atoms with Crippen LogP contribution in [0, 0.1) is 13.8 Å². The molecule has 0 spiro atoms. The summed E-state index contributed by atoms with van der Waals surface area (Å²) in [6.45, 7) is 3.65. The van der Waals surface area contributed by atoms with Crippen molar-refractivity contribution in [1.82, 2.24) is 15.4 Å². The van der Waals surface area contributed by atoms with Gasteiger partial charge >= 0.3 is 0 Å². The molecule has 1 aromatic carbocycles. The van der Waals surface area contributed by atoms with E-state index in [9.17, 15) is 4.79 Å². The van der Waals surface area contributed by atoms with Crippen LogP contribution in [0.25, 0.3) is 10.9 Å². The summed E-state index contributed by atoms with van der Waals surface area (Å²) in [5.74, 6) is 0.309. The molecule has 24 heavy (non-hydrogen) atoms. The highest BCUT2D eigenvalue weighted by molar-refractivity contribution is 5.89. The number of carbonyl (C=O) groups is 1. The lowest BCUT2D eigenvalue weighted by atomic mass is 10.2. The predicted molar refractivity (Wildman–Crippen MR) is 93.2 cm³/mol. The maximum absolute atomic E-state index is 11.8. The Balaban J connectivity index is 1.55. The number of H-pyrrole nitrogens is 1. The summed E-state index contributed by atoms with van der Waals surface area (Å²) in [4.78, 5) is 19.1. The number of nitrogens with one attached hydrogen (secondary N) is 2. The lowest BCUT2D eigenvalue weighted by Crippen LogP contribution is -2.25. The smallest absolute Gasteiger partial charge is 0.277 e. The van der Waals surface area contributed by atoms with Gasteiger partial charge in [0.15, 0.2) is 6.61 Å². The Labute approximate surface area is 139 Å². The van der Waals surface area contributed by atoms with Crippen molar-refractivity contribution in [3.8, 4) is 5.75 Å². The van der Waals surface area contributed by atoms with Gasteiger partial charge in [0.1, 0.15) is 5.75 Å². The van der Waals surface area contributed by atoms with Crippen LogP contribution in [0.1, 0.15) is 16.8 Å². The zero-order valence-electron chi connectivity index (χ0n) is 13.5. The van der Waals surface area contributed by atoms with Gasteiger partial charge in [0.2, 0.25) is 0 Å². The van der Waals surface area contributed by atoms with E-state index in [0.29, 0.717) is 5.75 Å². The Kier molecular flexibility index (Phi) is 4.56. The fourth-order valence-corrected chi connectivity index (χ4v) is 2.39. The summed E-state index contributed by atoms with van der Waals surface area (Å²) in [5, 5.41) is 5.09. The highest BCUT2D eigenvalue weighted by Crippen LogP contribution is 2.19. The number of fused-ring (bicyclic) bond motifs is 1. The van der Waals surface area contributed by atoms with Crippen molar-refractivity contribution < 1.29 is 9.53 Å². The molecule has 2 aromatic heterocycles. The maximum Gasteiger partial charge on any atom is 0.277 e. The summed E-state index contributed by atoms with van der Waals surface area (Å²) in [6, 6.07) is 9.73. The number of pyridine rings is 1. The average Bonchev–Trinajstić information content (AvgIpc) is 3.02. The first-order valence-corrected chi connectivity index (χ1v) is 7.57. The molecule has 2 heterocycles. The molecule has 0 atom stereocenters. The minimum Gasteiger partial charge on any atom is -0.482 e. The lowest BCUT2D eigenvalue weighted by Gasteiger charge is -2.09. The number of amides is 1. The van der Waals surface area contributed by atoms with E-state index >= 15 is 0 Å². The molecule has 0 aliphatic heterocycles. The van der Waals surface area contributed by atoms with Crippen molar-refractivity contribution in [3.05, 3.63) is 59.5 Å². The molecule has 0 saturated heterocycles. The summed E-state index contributed by atoms with van der Waals surface area (Å²) in [5.41, 5.74) is 6.07. The van der Waals surface area contributed by atoms with Crippen LogP contribution in [-0.4, -0.2) is 28.7 Å². The van der Waals surface area contributed by atoms with Crippen molar-refractivity contribution in [2.45, 2.75) is 13.8 Å². The van der Waals surface area contributed by atoms with Crippen LogP contribution >= 0.6 is 0 Å². The van der Waals surface area contributed by atoms with Gasteiger partial charge in [-0.1, -0.05) is 12.1 Å². The minimum absolute atomic E-state index is 0.111. The van der Waals surface area contributed by atoms with E-state index in [1.165, 1.54) is 0 Å². The summed E-state index contributed by atoms with van der Waals surface area (Å²) in [7, 11) is 0. The largest absolute Gasteiger partial charge is 0.482 e. The summed E-state index contributed by atoms with van der Waals surface area (Å²) >= 11 is 0. The standard InChI is InChI=1S/C18H18N4O2/c1-12-5-7-19-13(2)18(12)24-11-17(23)22-21-10-14-3-4-15-6-8-20-16(15)9-14/h3-10,20H,11H2,1-2H3,(H,22,23)/b21-10+. The third-order valence-corrected chi connectivity index (χ3v) is 3.61. The molecular formula is C18H18N4O2. The van der Waals surface area contributed by atoms with E-state index in [2.05, 4.69) is 20.5 Å². The van der Waals surface area contributed by atoms with Gasteiger partial charge in [-0.15, -0.1) is 0 Å². The molecule has 0 radical (unpaired) electrons. The Bertz CT molecular complexity index is 879. The molecule has 0 unspecified atom stereocenters. The highest BCUT2D eigenvalue weighted by Gasteiger charge is 2.07. The van der Waals surface area contributed by atoms with E-state index in [1.807, 2.05) is 50.4 Å². The van der Waals surface area contributed by atoms with E-state index in [1.54, 1.807) is 12.4 Å². The fraction of sp³-hybridized carbons (Fsp3) is 0.167. The minimum atomic E-state index is -0.324. The van der Waals surface area contributed by atoms with Crippen molar-refractivity contribution in [3.63, 3.8) is 0 Å². The van der Waals surface area contributed by atoms with Crippen molar-refractivity contribution >= 4 is 23.0 Å². The zero-order valence-corrected chi connectivity index (χ0v) is 13.5. The van der Waals surface area contributed by atoms with Crippen LogP contribution < -0.4 is 10.2 Å². The number of hydrogen-bond donors (Lipinski definition) is 2. The molecule has 6 nitrogen and oxygen atoms in total. The van der Waals surface area contributed by atoms with E-state index in [0.717, 1.165) is 27.7 Å². The fourth-order valence-electron chi connectivity index (χ4n) is 2.39. The molecule has 1 amide bonds. The lowest BCUT2D eigenvalue weighted by molar-refractivity contribution is -0.123. The number of aryl methyl sites for hydroxylation is 2. The molecular weight excluding hydrogens is 304 g/mol. The van der Waals surface area contributed by atoms with E-state index in [-0.39, 0.29) is 12.5 Å².